The lowest BCUT2D eigenvalue weighted by Gasteiger charge is -2.12. The second-order valence-corrected chi connectivity index (χ2v) is 4.70. The topological polar surface area (TPSA) is 25.2 Å². The van der Waals surface area contributed by atoms with Gasteiger partial charge in [-0.15, -0.1) is 0 Å². The summed E-state index contributed by atoms with van der Waals surface area (Å²) in [5.41, 5.74) is 0. The van der Waals surface area contributed by atoms with E-state index in [0.717, 1.165) is 24.1 Å². The highest BCUT2D eigenvalue weighted by Crippen LogP contribution is 2.33. The molecule has 1 fully saturated rings. The quantitative estimate of drug-likeness (QED) is 0.775. The van der Waals surface area contributed by atoms with Crippen molar-refractivity contribution in [2.45, 2.75) is 51.6 Å². The molecule has 3 unspecified atom stereocenters. The van der Waals surface area contributed by atoms with Crippen LogP contribution in [0.15, 0.2) is 22.8 Å². The zero-order valence-electron chi connectivity index (χ0n) is 9.70. The second-order valence-electron chi connectivity index (χ2n) is 4.70. The van der Waals surface area contributed by atoms with Gasteiger partial charge < -0.3 is 9.73 Å². The SMILES string of the molecule is CCC1CC1NC(C)CCc1ccco1. The highest BCUT2D eigenvalue weighted by molar-refractivity contribution is 4.99. The molecule has 1 aromatic rings. The van der Waals surface area contributed by atoms with Gasteiger partial charge >= 0.3 is 0 Å². The fourth-order valence-corrected chi connectivity index (χ4v) is 2.17. The molecule has 3 atom stereocenters. The van der Waals surface area contributed by atoms with Crippen LogP contribution in [0.3, 0.4) is 0 Å². The zero-order valence-corrected chi connectivity index (χ0v) is 9.70. The molecule has 0 spiro atoms. The molecule has 1 N–H and O–H groups in total. The molecular weight excluding hydrogens is 186 g/mol. The Balaban J connectivity index is 1.63. The van der Waals surface area contributed by atoms with E-state index < -0.39 is 0 Å². The molecule has 0 amide bonds. The minimum atomic E-state index is 0.608. The maximum atomic E-state index is 5.32. The van der Waals surface area contributed by atoms with Gasteiger partial charge in [-0.3, -0.25) is 0 Å². The van der Waals surface area contributed by atoms with Crippen LogP contribution < -0.4 is 5.32 Å². The van der Waals surface area contributed by atoms with Gasteiger partial charge in [-0.2, -0.15) is 0 Å². The third-order valence-corrected chi connectivity index (χ3v) is 3.35. The van der Waals surface area contributed by atoms with Crippen molar-refractivity contribution < 1.29 is 4.42 Å². The Morgan fingerprint density at radius 3 is 3.07 bits per heavy atom. The van der Waals surface area contributed by atoms with Crippen LogP contribution in [0.2, 0.25) is 0 Å². The van der Waals surface area contributed by atoms with Gasteiger partial charge in [0.05, 0.1) is 6.26 Å². The molecule has 2 nitrogen and oxygen atoms in total. The van der Waals surface area contributed by atoms with E-state index in [-0.39, 0.29) is 0 Å². The van der Waals surface area contributed by atoms with Gasteiger partial charge in [-0.1, -0.05) is 13.3 Å². The van der Waals surface area contributed by atoms with Gasteiger partial charge in [-0.25, -0.2) is 0 Å². The third-order valence-electron chi connectivity index (χ3n) is 3.35. The third kappa shape index (κ3) is 3.10. The maximum absolute atomic E-state index is 5.32. The summed E-state index contributed by atoms with van der Waals surface area (Å²) in [4.78, 5) is 0. The van der Waals surface area contributed by atoms with Gasteiger partial charge in [0.25, 0.3) is 0 Å². The highest BCUT2D eigenvalue weighted by Gasteiger charge is 2.35. The van der Waals surface area contributed by atoms with E-state index in [1.807, 2.05) is 6.07 Å². The van der Waals surface area contributed by atoms with E-state index in [9.17, 15) is 0 Å². The van der Waals surface area contributed by atoms with Gasteiger partial charge in [0, 0.05) is 18.5 Å². The molecule has 15 heavy (non-hydrogen) atoms. The van der Waals surface area contributed by atoms with Crippen LogP contribution in [-0.2, 0) is 6.42 Å². The summed E-state index contributed by atoms with van der Waals surface area (Å²) in [5, 5.41) is 3.68. The first-order valence-electron chi connectivity index (χ1n) is 6.08. The largest absolute Gasteiger partial charge is 0.469 e. The molecule has 1 saturated carbocycles. The van der Waals surface area contributed by atoms with Crippen molar-refractivity contribution in [3.8, 4) is 0 Å². The van der Waals surface area contributed by atoms with Crippen LogP contribution in [0, 0.1) is 5.92 Å². The van der Waals surface area contributed by atoms with Gasteiger partial charge in [-0.05, 0) is 37.8 Å². The van der Waals surface area contributed by atoms with Crippen LogP contribution in [-0.4, -0.2) is 12.1 Å². The fourth-order valence-electron chi connectivity index (χ4n) is 2.17. The molecule has 0 radical (unpaired) electrons. The molecule has 2 heteroatoms. The fraction of sp³-hybridized carbons (Fsp3) is 0.692. The number of hydrogen-bond acceptors (Lipinski definition) is 2. The smallest absolute Gasteiger partial charge is 0.103 e. The Morgan fingerprint density at radius 2 is 2.47 bits per heavy atom. The maximum Gasteiger partial charge on any atom is 0.103 e. The first-order chi connectivity index (χ1) is 7.29. The summed E-state index contributed by atoms with van der Waals surface area (Å²) < 4.78 is 5.32. The van der Waals surface area contributed by atoms with Crippen molar-refractivity contribution in [2.75, 3.05) is 0 Å². The van der Waals surface area contributed by atoms with Crippen molar-refractivity contribution in [1.82, 2.24) is 5.32 Å². The standard InChI is InChI=1S/C13H21NO/c1-3-11-9-13(11)14-10(2)6-7-12-5-4-8-15-12/h4-5,8,10-11,13-14H,3,6-7,9H2,1-2H3. The molecule has 0 aromatic carbocycles. The van der Waals surface area contributed by atoms with Crippen molar-refractivity contribution in [3.05, 3.63) is 24.2 Å². The van der Waals surface area contributed by atoms with Crippen LogP contribution in [0.1, 0.15) is 38.9 Å². The molecule has 1 aliphatic carbocycles. The summed E-state index contributed by atoms with van der Waals surface area (Å²) in [6.07, 6.45) is 6.66. The van der Waals surface area contributed by atoms with Crippen LogP contribution in [0.25, 0.3) is 0 Å². The summed E-state index contributed by atoms with van der Waals surface area (Å²) >= 11 is 0. The molecule has 0 bridgehead atoms. The van der Waals surface area contributed by atoms with Gasteiger partial charge in [0.15, 0.2) is 0 Å². The predicted molar refractivity (Wildman–Crippen MR) is 61.8 cm³/mol. The highest BCUT2D eigenvalue weighted by atomic mass is 16.3. The minimum absolute atomic E-state index is 0.608. The summed E-state index contributed by atoms with van der Waals surface area (Å²) in [7, 11) is 0. The van der Waals surface area contributed by atoms with E-state index >= 15 is 0 Å². The van der Waals surface area contributed by atoms with E-state index in [0.29, 0.717) is 6.04 Å². The van der Waals surface area contributed by atoms with Gasteiger partial charge in [0.1, 0.15) is 5.76 Å². The Bertz CT molecular complexity index is 281. The van der Waals surface area contributed by atoms with Crippen molar-refractivity contribution in [3.63, 3.8) is 0 Å². The molecule has 2 rings (SSSR count). The number of furan rings is 1. The number of aryl methyl sites for hydroxylation is 1. The molecular formula is C13H21NO. The number of hydrogen-bond donors (Lipinski definition) is 1. The Labute approximate surface area is 92.1 Å². The number of nitrogens with one attached hydrogen (secondary N) is 1. The average Bonchev–Trinajstić information content (AvgIpc) is 2.78. The van der Waals surface area contributed by atoms with E-state index in [1.165, 1.54) is 19.3 Å². The van der Waals surface area contributed by atoms with Crippen molar-refractivity contribution in [2.24, 2.45) is 5.92 Å². The monoisotopic (exact) mass is 207 g/mol. The number of rotatable bonds is 6. The normalized spacial score (nSPS) is 26.5. The van der Waals surface area contributed by atoms with E-state index in [1.54, 1.807) is 6.26 Å². The van der Waals surface area contributed by atoms with E-state index in [2.05, 4.69) is 25.2 Å². The summed E-state index contributed by atoms with van der Waals surface area (Å²) in [6.45, 7) is 4.55. The van der Waals surface area contributed by atoms with Crippen LogP contribution >= 0.6 is 0 Å². The van der Waals surface area contributed by atoms with E-state index in [4.69, 9.17) is 4.42 Å². The van der Waals surface area contributed by atoms with Crippen molar-refractivity contribution >= 4 is 0 Å². The summed E-state index contributed by atoms with van der Waals surface area (Å²) in [6, 6.07) is 5.42. The lowest BCUT2D eigenvalue weighted by molar-refractivity contribution is 0.451. The molecule has 84 valence electrons. The zero-order chi connectivity index (χ0) is 10.7. The lowest BCUT2D eigenvalue weighted by Crippen LogP contribution is -2.29. The second kappa shape index (κ2) is 4.84. The average molecular weight is 207 g/mol. The molecule has 1 aromatic heterocycles. The Morgan fingerprint density at radius 1 is 1.60 bits per heavy atom. The molecule has 0 aliphatic heterocycles. The first-order valence-corrected chi connectivity index (χ1v) is 6.08. The minimum Gasteiger partial charge on any atom is -0.469 e. The van der Waals surface area contributed by atoms with Gasteiger partial charge in [0.2, 0.25) is 0 Å². The molecule has 1 aliphatic rings. The Hall–Kier alpha value is -0.760. The first kappa shape index (κ1) is 10.7. The van der Waals surface area contributed by atoms with Crippen molar-refractivity contribution in [1.29, 1.82) is 0 Å². The van der Waals surface area contributed by atoms with Crippen LogP contribution in [0.5, 0.6) is 0 Å². The predicted octanol–water partition coefficient (Wildman–Crippen LogP) is 2.99. The molecule has 1 heterocycles. The molecule has 0 saturated heterocycles. The Kier molecular flexibility index (Phi) is 3.47. The lowest BCUT2D eigenvalue weighted by atomic mass is 10.1. The van der Waals surface area contributed by atoms with Crippen LogP contribution in [0.4, 0.5) is 0 Å². The summed E-state index contributed by atoms with van der Waals surface area (Å²) in [5.74, 6) is 2.04.